The Hall–Kier alpha value is -4.58. The predicted octanol–water partition coefficient (Wildman–Crippen LogP) is 4.89. The molecule has 0 saturated carbocycles. The number of anilines is 1. The van der Waals surface area contributed by atoms with Crippen molar-refractivity contribution in [1.29, 1.82) is 0 Å². The Morgan fingerprint density at radius 2 is 1.59 bits per heavy atom. The van der Waals surface area contributed by atoms with Crippen molar-refractivity contribution in [1.82, 2.24) is 5.43 Å². The minimum absolute atomic E-state index is 0.0205. The summed E-state index contributed by atoms with van der Waals surface area (Å²) >= 11 is 0. The molecular formula is C28H22N2O4. The van der Waals surface area contributed by atoms with Crippen LogP contribution in [-0.2, 0) is 16.2 Å². The summed E-state index contributed by atoms with van der Waals surface area (Å²) in [6.45, 7) is 0.300. The number of hydrogen-bond acceptors (Lipinski definition) is 4. The lowest BCUT2D eigenvalue weighted by Gasteiger charge is -2.15. The molecule has 1 N–H and O–H groups in total. The molecule has 1 heterocycles. The van der Waals surface area contributed by atoms with Crippen LogP contribution < -0.4 is 19.9 Å². The largest absolute Gasteiger partial charge is 0.493 e. The number of hydrazine groups is 1. The fourth-order valence-electron chi connectivity index (χ4n) is 4.00. The number of ether oxygens (including phenoxy) is 2. The quantitative estimate of drug-likeness (QED) is 0.336. The van der Waals surface area contributed by atoms with Crippen molar-refractivity contribution < 1.29 is 19.1 Å². The first-order chi connectivity index (χ1) is 16.7. The smallest absolute Gasteiger partial charge is 0.282 e. The van der Waals surface area contributed by atoms with E-state index in [9.17, 15) is 9.59 Å². The SMILES string of the molecule is COc1cccc(/C=C2/C(=O)NN(c3ccccc3)C2=O)c1OCc1cccc2ccccc12. The van der Waals surface area contributed by atoms with Crippen LogP contribution in [0.4, 0.5) is 5.69 Å². The van der Waals surface area contributed by atoms with E-state index in [0.29, 0.717) is 29.4 Å². The van der Waals surface area contributed by atoms with E-state index < -0.39 is 11.8 Å². The lowest BCUT2D eigenvalue weighted by atomic mass is 10.1. The highest BCUT2D eigenvalue weighted by Crippen LogP contribution is 2.35. The van der Waals surface area contributed by atoms with Crippen molar-refractivity contribution in [3.63, 3.8) is 0 Å². The third kappa shape index (κ3) is 3.97. The Balaban J connectivity index is 1.48. The van der Waals surface area contributed by atoms with Gasteiger partial charge in [0.25, 0.3) is 11.8 Å². The van der Waals surface area contributed by atoms with Gasteiger partial charge in [0.05, 0.1) is 12.8 Å². The van der Waals surface area contributed by atoms with Crippen LogP contribution in [0.1, 0.15) is 11.1 Å². The maximum atomic E-state index is 13.0. The van der Waals surface area contributed by atoms with Gasteiger partial charge in [0.2, 0.25) is 0 Å². The van der Waals surface area contributed by atoms with Crippen LogP contribution in [0.2, 0.25) is 0 Å². The maximum Gasteiger partial charge on any atom is 0.282 e. The average Bonchev–Trinajstić information content (AvgIpc) is 3.16. The molecule has 6 nitrogen and oxygen atoms in total. The standard InChI is InChI=1S/C28H22N2O4/c1-33-25-16-8-11-20(17-24-27(31)29-30(28(24)32)22-13-3-2-4-14-22)26(25)34-18-21-12-7-10-19-9-5-6-15-23(19)21/h2-17H,18H2,1H3,(H,29,31)/b24-17-. The zero-order chi connectivity index (χ0) is 23.5. The molecule has 4 aromatic carbocycles. The highest BCUT2D eigenvalue weighted by atomic mass is 16.5. The number of rotatable bonds is 6. The lowest BCUT2D eigenvalue weighted by molar-refractivity contribution is -0.117. The van der Waals surface area contributed by atoms with E-state index in [2.05, 4.69) is 23.6 Å². The summed E-state index contributed by atoms with van der Waals surface area (Å²) in [5.41, 5.74) is 4.82. The van der Waals surface area contributed by atoms with Crippen molar-refractivity contribution >= 4 is 34.4 Å². The Labute approximate surface area is 197 Å². The van der Waals surface area contributed by atoms with Gasteiger partial charge in [-0.3, -0.25) is 15.0 Å². The van der Waals surface area contributed by atoms with E-state index in [1.54, 1.807) is 55.7 Å². The molecule has 2 amide bonds. The zero-order valence-corrected chi connectivity index (χ0v) is 18.5. The van der Waals surface area contributed by atoms with Crippen molar-refractivity contribution in [3.8, 4) is 11.5 Å². The number of fused-ring (bicyclic) bond motifs is 1. The molecule has 0 bridgehead atoms. The summed E-state index contributed by atoms with van der Waals surface area (Å²) in [5.74, 6) is 0.0697. The van der Waals surface area contributed by atoms with E-state index >= 15 is 0 Å². The monoisotopic (exact) mass is 450 g/mol. The molecule has 0 unspecified atom stereocenters. The number of methoxy groups -OCH3 is 1. The van der Waals surface area contributed by atoms with Gasteiger partial charge in [-0.1, -0.05) is 72.8 Å². The third-order valence-electron chi connectivity index (χ3n) is 5.69. The predicted molar refractivity (Wildman–Crippen MR) is 131 cm³/mol. The highest BCUT2D eigenvalue weighted by Gasteiger charge is 2.34. The van der Waals surface area contributed by atoms with Crippen LogP contribution in [0.5, 0.6) is 11.5 Å². The van der Waals surface area contributed by atoms with Gasteiger partial charge >= 0.3 is 0 Å². The minimum Gasteiger partial charge on any atom is -0.493 e. The number of nitrogens with zero attached hydrogens (tertiary/aromatic N) is 1. The molecule has 1 fully saturated rings. The second kappa shape index (κ2) is 9.11. The summed E-state index contributed by atoms with van der Waals surface area (Å²) in [6, 6.07) is 28.5. The van der Waals surface area contributed by atoms with Crippen LogP contribution in [0.25, 0.3) is 16.8 Å². The zero-order valence-electron chi connectivity index (χ0n) is 18.5. The normalized spacial score (nSPS) is 14.5. The number of para-hydroxylation sites is 2. The molecule has 0 aromatic heterocycles. The van der Waals surface area contributed by atoms with Gasteiger partial charge in [0.15, 0.2) is 11.5 Å². The number of carbonyl (C=O) groups excluding carboxylic acids is 2. The van der Waals surface area contributed by atoms with Gasteiger partial charge in [-0.25, -0.2) is 5.01 Å². The molecule has 0 aliphatic carbocycles. The molecule has 1 aliphatic rings. The molecule has 1 saturated heterocycles. The van der Waals surface area contributed by atoms with Crippen LogP contribution in [0, 0.1) is 0 Å². The highest BCUT2D eigenvalue weighted by molar-refractivity contribution is 6.31. The molecule has 0 atom stereocenters. The molecule has 6 heteroatoms. The number of hydrogen-bond donors (Lipinski definition) is 1. The molecule has 168 valence electrons. The molecule has 5 rings (SSSR count). The lowest BCUT2D eigenvalue weighted by Crippen LogP contribution is -2.35. The van der Waals surface area contributed by atoms with Crippen LogP contribution >= 0.6 is 0 Å². The van der Waals surface area contributed by atoms with E-state index in [-0.39, 0.29) is 5.57 Å². The fraction of sp³-hybridized carbons (Fsp3) is 0.0714. The molecular weight excluding hydrogens is 428 g/mol. The van der Waals surface area contributed by atoms with Crippen molar-refractivity contribution in [2.75, 3.05) is 12.1 Å². The van der Waals surface area contributed by atoms with Crippen LogP contribution in [0.3, 0.4) is 0 Å². The van der Waals surface area contributed by atoms with Gasteiger partial charge in [-0.2, -0.15) is 0 Å². The molecule has 4 aromatic rings. The van der Waals surface area contributed by atoms with Crippen molar-refractivity contribution in [2.24, 2.45) is 0 Å². The van der Waals surface area contributed by atoms with Gasteiger partial charge in [-0.15, -0.1) is 0 Å². The molecule has 1 aliphatic heterocycles. The first-order valence-electron chi connectivity index (χ1n) is 10.8. The average molecular weight is 450 g/mol. The summed E-state index contributed by atoms with van der Waals surface area (Å²) in [4.78, 5) is 25.7. The van der Waals surface area contributed by atoms with Crippen LogP contribution in [-0.4, -0.2) is 18.9 Å². The number of nitrogens with one attached hydrogen (secondary N) is 1. The Bertz CT molecular complexity index is 1410. The number of amides is 2. The van der Waals surface area contributed by atoms with Crippen molar-refractivity contribution in [3.05, 3.63) is 108 Å². The summed E-state index contributed by atoms with van der Waals surface area (Å²) < 4.78 is 11.7. The van der Waals surface area contributed by atoms with Gasteiger partial charge in [0, 0.05) is 5.56 Å². The van der Waals surface area contributed by atoms with Gasteiger partial charge < -0.3 is 9.47 Å². The number of benzene rings is 4. The van der Waals surface area contributed by atoms with Crippen molar-refractivity contribution in [2.45, 2.75) is 6.61 Å². The van der Waals surface area contributed by atoms with Crippen LogP contribution in [0.15, 0.2) is 96.6 Å². The molecule has 0 radical (unpaired) electrons. The van der Waals surface area contributed by atoms with E-state index in [4.69, 9.17) is 9.47 Å². The Morgan fingerprint density at radius 3 is 2.41 bits per heavy atom. The first-order valence-corrected chi connectivity index (χ1v) is 10.8. The molecule has 0 spiro atoms. The maximum absolute atomic E-state index is 13.0. The summed E-state index contributed by atoms with van der Waals surface area (Å²) in [5, 5.41) is 3.47. The third-order valence-corrected chi connectivity index (χ3v) is 5.69. The number of carbonyl (C=O) groups is 2. The topological polar surface area (TPSA) is 67.9 Å². The van der Waals surface area contributed by atoms with E-state index in [1.807, 2.05) is 30.3 Å². The van der Waals surface area contributed by atoms with Gasteiger partial charge in [0.1, 0.15) is 12.2 Å². The minimum atomic E-state index is -0.475. The second-order valence-corrected chi connectivity index (χ2v) is 7.78. The summed E-state index contributed by atoms with van der Waals surface area (Å²) in [6.07, 6.45) is 1.54. The Morgan fingerprint density at radius 1 is 0.853 bits per heavy atom. The summed E-state index contributed by atoms with van der Waals surface area (Å²) in [7, 11) is 1.56. The second-order valence-electron chi connectivity index (χ2n) is 7.78. The van der Waals surface area contributed by atoms with E-state index in [0.717, 1.165) is 16.3 Å². The van der Waals surface area contributed by atoms with E-state index in [1.165, 1.54) is 5.01 Å². The fourth-order valence-corrected chi connectivity index (χ4v) is 4.00. The van der Waals surface area contributed by atoms with Gasteiger partial charge in [-0.05, 0) is 40.6 Å². The molecule has 34 heavy (non-hydrogen) atoms. The first kappa shape index (κ1) is 21.3. The Kier molecular flexibility index (Phi) is 5.70.